The second kappa shape index (κ2) is 5.99. The van der Waals surface area contributed by atoms with Crippen molar-refractivity contribution in [1.82, 2.24) is 4.90 Å². The monoisotopic (exact) mass is 267 g/mol. The molecular weight excluding hydrogens is 249 g/mol. The van der Waals surface area contributed by atoms with Crippen molar-refractivity contribution < 1.29 is 13.9 Å². The molecule has 1 saturated heterocycles. The first kappa shape index (κ1) is 13.8. The van der Waals surface area contributed by atoms with Crippen LogP contribution in [0.3, 0.4) is 0 Å². The van der Waals surface area contributed by atoms with Crippen LogP contribution < -0.4 is 11.3 Å². The Bertz CT molecular complexity index is 467. The van der Waals surface area contributed by atoms with Gasteiger partial charge >= 0.3 is 0 Å². The van der Waals surface area contributed by atoms with Crippen molar-refractivity contribution in [3.8, 4) is 0 Å². The molecule has 104 valence electrons. The number of rotatable bonds is 3. The van der Waals surface area contributed by atoms with E-state index < -0.39 is 5.82 Å². The predicted octanol–water partition coefficient (Wildman–Crippen LogP) is 1.36. The lowest BCUT2D eigenvalue weighted by molar-refractivity contribution is -0.0226. The molecule has 0 saturated carbocycles. The number of nitrogen functional groups attached to an aromatic ring is 1. The molecule has 0 spiro atoms. The number of amides is 1. The Labute approximate surface area is 111 Å². The van der Waals surface area contributed by atoms with E-state index in [9.17, 15) is 9.18 Å². The topological polar surface area (TPSA) is 67.6 Å². The second-order valence-corrected chi connectivity index (χ2v) is 4.46. The van der Waals surface area contributed by atoms with Gasteiger partial charge in [0.05, 0.1) is 24.0 Å². The minimum absolute atomic E-state index is 0.0343. The van der Waals surface area contributed by atoms with E-state index in [1.807, 2.05) is 6.92 Å². The lowest BCUT2D eigenvalue weighted by Crippen LogP contribution is -2.45. The van der Waals surface area contributed by atoms with E-state index in [0.717, 1.165) is 6.42 Å². The van der Waals surface area contributed by atoms with E-state index in [4.69, 9.17) is 10.6 Å². The van der Waals surface area contributed by atoms with Gasteiger partial charge < -0.3 is 15.1 Å². The van der Waals surface area contributed by atoms with E-state index in [0.29, 0.717) is 19.7 Å². The fourth-order valence-electron chi connectivity index (χ4n) is 2.17. The molecule has 1 aliphatic rings. The molecule has 1 atom stereocenters. The Morgan fingerprint density at radius 3 is 3.11 bits per heavy atom. The summed E-state index contributed by atoms with van der Waals surface area (Å²) in [5.74, 6) is 4.53. The fraction of sp³-hybridized carbons (Fsp3) is 0.462. The van der Waals surface area contributed by atoms with Crippen LogP contribution in [-0.2, 0) is 4.74 Å². The maximum absolute atomic E-state index is 13.6. The molecule has 1 aliphatic heterocycles. The Morgan fingerprint density at radius 2 is 2.42 bits per heavy atom. The van der Waals surface area contributed by atoms with Gasteiger partial charge in [0.15, 0.2) is 0 Å². The van der Waals surface area contributed by atoms with Gasteiger partial charge in [0.25, 0.3) is 5.91 Å². The number of morpholine rings is 1. The highest BCUT2D eigenvalue weighted by Crippen LogP contribution is 2.21. The summed E-state index contributed by atoms with van der Waals surface area (Å²) in [5.41, 5.74) is 2.54. The molecule has 3 N–H and O–H groups in total. The highest BCUT2D eigenvalue weighted by molar-refractivity contribution is 5.99. The normalized spacial score (nSPS) is 19.3. The molecule has 6 heteroatoms. The highest BCUT2D eigenvalue weighted by atomic mass is 19.1. The van der Waals surface area contributed by atoms with Crippen LogP contribution in [0.25, 0.3) is 0 Å². The lowest BCUT2D eigenvalue weighted by atomic mass is 10.1. The number of anilines is 1. The van der Waals surface area contributed by atoms with E-state index in [-0.39, 0.29) is 23.3 Å². The third-order valence-corrected chi connectivity index (χ3v) is 3.27. The molecule has 1 heterocycles. The molecule has 0 bridgehead atoms. The van der Waals surface area contributed by atoms with Crippen LogP contribution in [0.4, 0.5) is 10.1 Å². The summed E-state index contributed by atoms with van der Waals surface area (Å²) in [6.07, 6.45) is 0.884. The fourth-order valence-corrected chi connectivity index (χ4v) is 2.17. The summed E-state index contributed by atoms with van der Waals surface area (Å²) in [6, 6.07) is 4.33. The summed E-state index contributed by atoms with van der Waals surface area (Å²) < 4.78 is 19.1. The smallest absolute Gasteiger partial charge is 0.256 e. The standard InChI is InChI=1S/C13H18FN3O2/c1-2-9-8-17(6-7-19-9)13(18)10-4-3-5-11(14)12(10)16-15/h3-5,9,16H,2,6-8,15H2,1H3. The number of para-hydroxylation sites is 1. The molecule has 2 rings (SSSR count). The van der Waals surface area contributed by atoms with Crippen molar-refractivity contribution in [2.45, 2.75) is 19.4 Å². The van der Waals surface area contributed by atoms with Crippen molar-refractivity contribution in [2.75, 3.05) is 25.1 Å². The zero-order chi connectivity index (χ0) is 13.8. The van der Waals surface area contributed by atoms with Gasteiger partial charge in [0.2, 0.25) is 0 Å². The number of ether oxygens (including phenoxy) is 1. The average Bonchev–Trinajstić information content (AvgIpc) is 2.46. The largest absolute Gasteiger partial charge is 0.375 e. The van der Waals surface area contributed by atoms with Gasteiger partial charge in [-0.25, -0.2) is 4.39 Å². The number of hydrogen-bond donors (Lipinski definition) is 2. The highest BCUT2D eigenvalue weighted by Gasteiger charge is 2.26. The molecule has 0 aromatic heterocycles. The van der Waals surface area contributed by atoms with Gasteiger partial charge in [-0.1, -0.05) is 13.0 Å². The zero-order valence-electron chi connectivity index (χ0n) is 10.9. The van der Waals surface area contributed by atoms with Crippen molar-refractivity contribution in [1.29, 1.82) is 0 Å². The molecule has 1 amide bonds. The first-order chi connectivity index (χ1) is 9.17. The van der Waals surface area contributed by atoms with Crippen LogP contribution in [0.1, 0.15) is 23.7 Å². The molecule has 1 unspecified atom stereocenters. The van der Waals surface area contributed by atoms with Crippen molar-refractivity contribution in [2.24, 2.45) is 5.84 Å². The first-order valence-electron chi connectivity index (χ1n) is 6.33. The molecule has 0 radical (unpaired) electrons. The number of nitrogens with two attached hydrogens (primary N) is 1. The predicted molar refractivity (Wildman–Crippen MR) is 70.1 cm³/mol. The Hall–Kier alpha value is -1.66. The van der Waals surface area contributed by atoms with E-state index in [2.05, 4.69) is 5.43 Å². The zero-order valence-corrected chi connectivity index (χ0v) is 10.9. The van der Waals surface area contributed by atoms with Crippen LogP contribution >= 0.6 is 0 Å². The molecule has 1 aromatic rings. The maximum atomic E-state index is 13.6. The lowest BCUT2D eigenvalue weighted by Gasteiger charge is -2.32. The van der Waals surface area contributed by atoms with Gasteiger partial charge in [-0.05, 0) is 18.6 Å². The van der Waals surface area contributed by atoms with E-state index in [1.165, 1.54) is 12.1 Å². The minimum atomic E-state index is -0.534. The molecule has 1 aromatic carbocycles. The molecule has 1 fully saturated rings. The summed E-state index contributed by atoms with van der Waals surface area (Å²) in [6.45, 7) is 3.55. The summed E-state index contributed by atoms with van der Waals surface area (Å²) >= 11 is 0. The molecule has 5 nitrogen and oxygen atoms in total. The van der Waals surface area contributed by atoms with Crippen LogP contribution in [0.2, 0.25) is 0 Å². The Kier molecular flexibility index (Phi) is 4.34. The summed E-state index contributed by atoms with van der Waals surface area (Å²) in [5, 5.41) is 0. The average molecular weight is 267 g/mol. The number of halogens is 1. The quantitative estimate of drug-likeness (QED) is 0.641. The van der Waals surface area contributed by atoms with Crippen molar-refractivity contribution in [3.05, 3.63) is 29.6 Å². The van der Waals surface area contributed by atoms with Crippen LogP contribution in [0, 0.1) is 5.82 Å². The van der Waals surface area contributed by atoms with Crippen LogP contribution in [0.5, 0.6) is 0 Å². The number of hydrazine groups is 1. The van der Waals surface area contributed by atoms with Gasteiger partial charge in [-0.2, -0.15) is 0 Å². The minimum Gasteiger partial charge on any atom is -0.375 e. The second-order valence-electron chi connectivity index (χ2n) is 4.46. The number of carbonyl (C=O) groups excluding carboxylic acids is 1. The van der Waals surface area contributed by atoms with Gasteiger partial charge in [0.1, 0.15) is 5.82 Å². The van der Waals surface area contributed by atoms with E-state index in [1.54, 1.807) is 11.0 Å². The molecule has 0 aliphatic carbocycles. The number of nitrogens with zero attached hydrogens (tertiary/aromatic N) is 1. The van der Waals surface area contributed by atoms with Crippen LogP contribution in [0.15, 0.2) is 18.2 Å². The molecular formula is C13H18FN3O2. The summed E-state index contributed by atoms with van der Waals surface area (Å²) in [7, 11) is 0. The number of benzene rings is 1. The van der Waals surface area contributed by atoms with Gasteiger partial charge in [-0.3, -0.25) is 10.6 Å². The third-order valence-electron chi connectivity index (χ3n) is 3.27. The van der Waals surface area contributed by atoms with Crippen molar-refractivity contribution in [3.63, 3.8) is 0 Å². The first-order valence-corrected chi connectivity index (χ1v) is 6.33. The number of carbonyl (C=O) groups is 1. The van der Waals surface area contributed by atoms with Gasteiger partial charge in [-0.15, -0.1) is 0 Å². The Morgan fingerprint density at radius 1 is 1.63 bits per heavy atom. The summed E-state index contributed by atoms with van der Waals surface area (Å²) in [4.78, 5) is 14.1. The van der Waals surface area contributed by atoms with Crippen LogP contribution in [-0.4, -0.2) is 36.6 Å². The number of hydrogen-bond acceptors (Lipinski definition) is 4. The van der Waals surface area contributed by atoms with Crippen molar-refractivity contribution >= 4 is 11.6 Å². The number of nitrogens with one attached hydrogen (secondary N) is 1. The molecule has 19 heavy (non-hydrogen) atoms. The van der Waals surface area contributed by atoms with Gasteiger partial charge in [0, 0.05) is 13.1 Å². The third kappa shape index (κ3) is 2.85. The SMILES string of the molecule is CCC1CN(C(=O)c2cccc(F)c2NN)CCO1. The van der Waals surface area contributed by atoms with E-state index >= 15 is 0 Å². The maximum Gasteiger partial charge on any atom is 0.256 e. The Balaban J connectivity index is 2.22.